The maximum absolute atomic E-state index is 16.8. The minimum Gasteiger partial charge on any atom is -0.454 e. The minimum absolute atomic E-state index is 0.0283. The molecule has 0 amide bonds. The molecule has 2 aliphatic rings. The first kappa shape index (κ1) is 26.9. The molecule has 0 saturated heterocycles. The van der Waals surface area contributed by atoms with Gasteiger partial charge in [0.2, 0.25) is 5.36 Å². The lowest BCUT2D eigenvalue weighted by atomic mass is 9.85. The molecule has 0 unspecified atom stereocenters. The highest BCUT2D eigenvalue weighted by molar-refractivity contribution is 7.15. The molecule has 44 heavy (non-hydrogen) atoms. The first-order valence-electron chi connectivity index (χ1n) is 13.1. The molecule has 5 nitrogen and oxygen atoms in total. The van der Waals surface area contributed by atoms with Crippen LogP contribution in [0.5, 0.6) is 0 Å². The van der Waals surface area contributed by atoms with Crippen LogP contribution in [-0.4, -0.2) is 11.4 Å². The number of fused-ring (bicyclic) bond motifs is 5. The third-order valence-electron chi connectivity index (χ3n) is 7.78. The second-order valence-electron chi connectivity index (χ2n) is 10.4. The Balaban J connectivity index is 1.49. The topological polar surface area (TPSA) is 58.0 Å². The number of nitriles is 1. The molecule has 0 atom stereocenters. The minimum atomic E-state index is -4.79. The van der Waals surface area contributed by atoms with E-state index in [9.17, 15) is 8.78 Å². The van der Waals surface area contributed by atoms with Gasteiger partial charge in [0.25, 0.3) is 0 Å². The predicted octanol–water partition coefficient (Wildman–Crippen LogP) is 7.31. The quantitative estimate of drug-likeness (QED) is 0.116. The van der Waals surface area contributed by atoms with E-state index in [2.05, 4.69) is 0 Å². The van der Waals surface area contributed by atoms with Crippen molar-refractivity contribution >= 4 is 52.4 Å². The van der Waals surface area contributed by atoms with E-state index in [0.717, 1.165) is 28.0 Å². The van der Waals surface area contributed by atoms with Crippen molar-refractivity contribution in [3.05, 3.63) is 109 Å². The van der Waals surface area contributed by atoms with E-state index >= 15 is 17.4 Å². The lowest BCUT2D eigenvalue weighted by Crippen LogP contribution is -2.56. The van der Waals surface area contributed by atoms with E-state index in [1.165, 1.54) is 34.8 Å². The van der Waals surface area contributed by atoms with Crippen molar-refractivity contribution in [1.82, 2.24) is 8.96 Å². The number of rotatable bonds is 3. The first-order chi connectivity index (χ1) is 21.0. The van der Waals surface area contributed by atoms with Crippen LogP contribution in [-0.2, 0) is 0 Å². The summed E-state index contributed by atoms with van der Waals surface area (Å²) in [7, 11) is 0. The van der Waals surface area contributed by atoms with E-state index in [4.69, 9.17) is 14.1 Å². The molecule has 0 radical (unpaired) electrons. The fraction of sp³-hybridized carbons (Fsp3) is 0.0667. The molecule has 0 spiro atoms. The van der Waals surface area contributed by atoms with Crippen LogP contribution < -0.4 is 15.3 Å². The fourth-order valence-corrected chi connectivity index (χ4v) is 7.55. The van der Waals surface area contributed by atoms with Gasteiger partial charge in [0.1, 0.15) is 23.0 Å². The summed E-state index contributed by atoms with van der Waals surface area (Å²) >= 11 is 2.77. The number of thiophene rings is 2. The van der Waals surface area contributed by atoms with Gasteiger partial charge in [-0.3, -0.25) is 0 Å². The molecule has 0 aliphatic carbocycles. The van der Waals surface area contributed by atoms with Crippen molar-refractivity contribution in [2.24, 2.45) is 0 Å². The Labute approximate surface area is 251 Å². The number of furan rings is 2. The molecule has 2 aliphatic heterocycles. The summed E-state index contributed by atoms with van der Waals surface area (Å²) < 4.78 is 108. The Morgan fingerprint density at radius 1 is 0.841 bits per heavy atom. The van der Waals surface area contributed by atoms with Crippen LogP contribution in [0.2, 0.25) is 0 Å². The fourth-order valence-electron chi connectivity index (χ4n) is 5.90. The molecular formula is C30H14BF6N3O2S2. The molecule has 0 fully saturated rings. The van der Waals surface area contributed by atoms with Crippen LogP contribution in [0.25, 0.3) is 44.0 Å². The molecule has 0 saturated carbocycles. The van der Waals surface area contributed by atoms with Crippen molar-refractivity contribution in [2.75, 3.05) is 0 Å². The van der Waals surface area contributed by atoms with Gasteiger partial charge >= 0.3 is 6.97 Å². The number of aromatic nitrogens is 1. The maximum atomic E-state index is 16.8. The number of benzene rings is 1. The molecule has 5 aromatic heterocycles. The Kier molecular flexibility index (Phi) is 5.43. The predicted molar refractivity (Wildman–Crippen MR) is 154 cm³/mol. The molecule has 6 aromatic rings. The zero-order valence-electron chi connectivity index (χ0n) is 22.4. The van der Waals surface area contributed by atoms with Gasteiger partial charge in [0, 0.05) is 27.6 Å². The highest BCUT2D eigenvalue weighted by Gasteiger charge is 2.55. The number of aryl methyl sites for hydroxylation is 2. The van der Waals surface area contributed by atoms with Crippen molar-refractivity contribution in [3.63, 3.8) is 0 Å². The van der Waals surface area contributed by atoms with Crippen molar-refractivity contribution in [1.29, 1.82) is 5.26 Å². The van der Waals surface area contributed by atoms with Crippen LogP contribution in [0.4, 0.5) is 26.2 Å². The molecular weight excluding hydrogens is 623 g/mol. The van der Waals surface area contributed by atoms with Gasteiger partial charge in [-0.25, -0.2) is 17.6 Å². The highest BCUT2D eigenvalue weighted by Crippen LogP contribution is 2.45. The SMILES string of the molecule is Cc1ccc(-c2cc3c(o2)=CC2=C(c4c(F)c(F)c(C#N)c(F)c4F)c4cc5oc(-c6ccc(C)s6)cc5n4[B-](F)(F)[N+]=32)s1. The third kappa shape index (κ3) is 3.45. The zero-order chi connectivity index (χ0) is 30.8. The van der Waals surface area contributed by atoms with Gasteiger partial charge in [-0.2, -0.15) is 5.26 Å². The van der Waals surface area contributed by atoms with E-state index < -0.39 is 58.3 Å². The van der Waals surface area contributed by atoms with Gasteiger partial charge < -0.3 is 26.4 Å². The van der Waals surface area contributed by atoms with Crippen LogP contribution in [0.3, 0.4) is 0 Å². The van der Waals surface area contributed by atoms with Gasteiger partial charge in [-0.05, 0) is 38.1 Å². The second kappa shape index (κ2) is 8.90. The molecule has 0 bridgehead atoms. The van der Waals surface area contributed by atoms with E-state index in [-0.39, 0.29) is 21.9 Å². The molecule has 8 rings (SSSR count). The van der Waals surface area contributed by atoms with Crippen LogP contribution in [0, 0.1) is 48.4 Å². The van der Waals surface area contributed by atoms with Crippen molar-refractivity contribution in [2.45, 2.75) is 13.8 Å². The van der Waals surface area contributed by atoms with Crippen molar-refractivity contribution < 1.29 is 35.0 Å². The number of nitrogens with zero attached hydrogens (tertiary/aromatic N) is 3. The van der Waals surface area contributed by atoms with Gasteiger partial charge in [-0.15, -0.1) is 22.7 Å². The van der Waals surface area contributed by atoms with E-state index in [1.54, 1.807) is 12.1 Å². The molecule has 7 heterocycles. The third-order valence-corrected chi connectivity index (χ3v) is 9.81. The summed E-state index contributed by atoms with van der Waals surface area (Å²) in [6, 6.07) is 12.3. The normalized spacial score (nSPS) is 15.0. The number of allylic oxidation sites excluding steroid dienone is 1. The molecule has 218 valence electrons. The van der Waals surface area contributed by atoms with Gasteiger partial charge in [-0.1, -0.05) is 0 Å². The smallest absolute Gasteiger partial charge is 0.454 e. The van der Waals surface area contributed by atoms with Crippen LogP contribution in [0.1, 0.15) is 26.6 Å². The number of hydrogen-bond donors (Lipinski definition) is 0. The standard InChI is InChI=1S/C30H14BF6N3O2S2/c1-12-3-5-23(43-12)21-7-15-19(41-21)9-17-25(26-29(34)27(32)14(11-38)28(33)30(26)35)18-10-20-16(40(18)31(36,37)39(15)17)8-22(42-20)24-6-4-13(2)44-24/h3-10H,1-2H3. The number of hydrogen-bond acceptors (Lipinski definition) is 5. The summed E-state index contributed by atoms with van der Waals surface area (Å²) in [6.45, 7) is -1.04. The summed E-state index contributed by atoms with van der Waals surface area (Å²) in [5.74, 6) is -7.08. The van der Waals surface area contributed by atoms with E-state index in [0.29, 0.717) is 30.2 Å². The Bertz CT molecular complexity index is 2440. The van der Waals surface area contributed by atoms with Crippen molar-refractivity contribution in [3.8, 4) is 27.3 Å². The Morgan fingerprint density at radius 2 is 1.45 bits per heavy atom. The van der Waals surface area contributed by atoms with Gasteiger partial charge in [0.05, 0.1) is 38.5 Å². The zero-order valence-corrected chi connectivity index (χ0v) is 24.1. The summed E-state index contributed by atoms with van der Waals surface area (Å²) in [4.78, 5) is 3.27. The van der Waals surface area contributed by atoms with Crippen LogP contribution in [0.15, 0.2) is 57.0 Å². The van der Waals surface area contributed by atoms with Crippen LogP contribution >= 0.6 is 22.7 Å². The Morgan fingerprint density at radius 3 is 2.02 bits per heavy atom. The average Bonchev–Trinajstić information content (AvgIpc) is 3.79. The average molecular weight is 637 g/mol. The lowest BCUT2D eigenvalue weighted by Gasteiger charge is -2.31. The summed E-state index contributed by atoms with van der Waals surface area (Å²) in [6.07, 6.45) is 1.16. The molecule has 1 aromatic carbocycles. The highest BCUT2D eigenvalue weighted by atomic mass is 32.1. The Hall–Kier alpha value is -4.74. The molecule has 0 N–H and O–H groups in total. The largest absolute Gasteiger partial charge is 0.738 e. The summed E-state index contributed by atoms with van der Waals surface area (Å²) in [5.41, 5.74) is -4.27. The lowest BCUT2D eigenvalue weighted by molar-refractivity contribution is 0.445. The second-order valence-corrected chi connectivity index (χ2v) is 13.0. The number of halogens is 6. The van der Waals surface area contributed by atoms with Gasteiger partial charge in [0.15, 0.2) is 40.1 Å². The molecule has 14 heteroatoms. The first-order valence-corrected chi connectivity index (χ1v) is 14.7. The maximum Gasteiger partial charge on any atom is 0.738 e. The van der Waals surface area contributed by atoms with E-state index in [1.807, 2.05) is 26.0 Å². The summed E-state index contributed by atoms with van der Waals surface area (Å²) in [5, 5.41) is 9.02. The monoisotopic (exact) mass is 637 g/mol.